The van der Waals surface area contributed by atoms with Crippen LogP contribution in [0.15, 0.2) is 12.1 Å². The summed E-state index contributed by atoms with van der Waals surface area (Å²) >= 11 is 0. The third kappa shape index (κ3) is 2.79. The van der Waals surface area contributed by atoms with Gasteiger partial charge in [0.25, 0.3) is 5.91 Å². The quantitative estimate of drug-likeness (QED) is 0.848. The Morgan fingerprint density at radius 2 is 2.00 bits per heavy atom. The number of aromatic nitrogens is 2. The predicted octanol–water partition coefficient (Wildman–Crippen LogP) is 1.57. The Labute approximate surface area is 131 Å². The van der Waals surface area contributed by atoms with E-state index in [4.69, 9.17) is 4.74 Å². The third-order valence-corrected chi connectivity index (χ3v) is 4.79. The van der Waals surface area contributed by atoms with E-state index in [0.717, 1.165) is 19.5 Å². The highest BCUT2D eigenvalue weighted by molar-refractivity contribution is 5.92. The van der Waals surface area contributed by atoms with E-state index in [0.29, 0.717) is 29.7 Å². The normalized spacial score (nSPS) is 25.4. The molecule has 6 nitrogen and oxygen atoms in total. The summed E-state index contributed by atoms with van der Waals surface area (Å²) in [5.41, 5.74) is 0.398. The maximum atomic E-state index is 12.7. The summed E-state index contributed by atoms with van der Waals surface area (Å²) in [5, 5.41) is 7.89. The van der Waals surface area contributed by atoms with Crippen LogP contribution in [0.2, 0.25) is 0 Å². The molecule has 3 rings (SSSR count). The van der Waals surface area contributed by atoms with E-state index in [2.05, 4.69) is 28.9 Å². The molecule has 2 aliphatic heterocycles. The largest absolute Gasteiger partial charge is 0.480 e. The van der Waals surface area contributed by atoms with Crippen molar-refractivity contribution in [1.29, 1.82) is 0 Å². The molecule has 2 bridgehead atoms. The smallest absolute Gasteiger partial charge is 0.274 e. The number of nitrogens with zero attached hydrogens (tertiary/aromatic N) is 4. The van der Waals surface area contributed by atoms with Gasteiger partial charge < -0.3 is 9.64 Å². The van der Waals surface area contributed by atoms with Gasteiger partial charge in [-0.3, -0.25) is 9.69 Å². The highest BCUT2D eigenvalue weighted by Crippen LogP contribution is 2.32. The van der Waals surface area contributed by atoms with Gasteiger partial charge in [-0.1, -0.05) is 0 Å². The van der Waals surface area contributed by atoms with E-state index in [9.17, 15) is 4.79 Å². The Morgan fingerprint density at radius 3 is 2.64 bits per heavy atom. The molecule has 1 amide bonds. The van der Waals surface area contributed by atoms with Crippen LogP contribution in [0.25, 0.3) is 0 Å². The second-order valence-corrected chi connectivity index (χ2v) is 6.43. The maximum Gasteiger partial charge on any atom is 0.274 e. The number of amides is 1. The lowest BCUT2D eigenvalue weighted by Gasteiger charge is -2.32. The minimum absolute atomic E-state index is 0.0218. The van der Waals surface area contributed by atoms with Crippen LogP contribution in [0.5, 0.6) is 5.88 Å². The first kappa shape index (κ1) is 15.2. The van der Waals surface area contributed by atoms with Crippen molar-refractivity contribution in [2.75, 3.05) is 20.2 Å². The third-order valence-electron chi connectivity index (χ3n) is 4.79. The zero-order chi connectivity index (χ0) is 15.7. The molecule has 2 atom stereocenters. The topological polar surface area (TPSA) is 58.6 Å². The molecule has 0 unspecified atom stereocenters. The number of rotatable bonds is 3. The Kier molecular flexibility index (Phi) is 4.29. The molecular weight excluding hydrogens is 280 g/mol. The van der Waals surface area contributed by atoms with E-state index in [-0.39, 0.29) is 5.91 Å². The van der Waals surface area contributed by atoms with Gasteiger partial charge in [0.1, 0.15) is 0 Å². The van der Waals surface area contributed by atoms with Gasteiger partial charge in [-0.05, 0) is 39.2 Å². The molecular formula is C16H24N4O2. The second kappa shape index (κ2) is 6.20. The van der Waals surface area contributed by atoms with Gasteiger partial charge in [0.2, 0.25) is 5.88 Å². The lowest BCUT2D eigenvalue weighted by Crippen LogP contribution is -2.44. The minimum Gasteiger partial charge on any atom is -0.480 e. The van der Waals surface area contributed by atoms with Crippen molar-refractivity contribution in [3.63, 3.8) is 0 Å². The number of methoxy groups -OCH3 is 1. The summed E-state index contributed by atoms with van der Waals surface area (Å²) in [6, 6.07) is 5.00. The Balaban J connectivity index is 1.73. The Bertz CT molecular complexity index is 531. The van der Waals surface area contributed by atoms with Gasteiger partial charge in [0.05, 0.1) is 7.11 Å². The van der Waals surface area contributed by atoms with Gasteiger partial charge in [-0.2, -0.15) is 0 Å². The first-order valence-electron chi connectivity index (χ1n) is 8.04. The predicted molar refractivity (Wildman–Crippen MR) is 82.9 cm³/mol. The van der Waals surface area contributed by atoms with E-state index < -0.39 is 0 Å². The molecule has 22 heavy (non-hydrogen) atoms. The molecule has 0 saturated carbocycles. The van der Waals surface area contributed by atoms with Gasteiger partial charge in [-0.15, -0.1) is 10.2 Å². The second-order valence-electron chi connectivity index (χ2n) is 6.43. The van der Waals surface area contributed by atoms with Crippen LogP contribution in [-0.2, 0) is 0 Å². The summed E-state index contributed by atoms with van der Waals surface area (Å²) in [7, 11) is 1.54. The number of carbonyl (C=O) groups is 1. The average Bonchev–Trinajstić information content (AvgIpc) is 2.81. The molecule has 3 heterocycles. The van der Waals surface area contributed by atoms with Gasteiger partial charge in [0, 0.05) is 37.3 Å². The summed E-state index contributed by atoms with van der Waals surface area (Å²) in [6.07, 6.45) is 3.48. The van der Waals surface area contributed by atoms with Crippen LogP contribution in [0.1, 0.15) is 43.6 Å². The first-order valence-corrected chi connectivity index (χ1v) is 8.04. The van der Waals surface area contributed by atoms with E-state index in [1.807, 2.05) is 4.90 Å². The van der Waals surface area contributed by atoms with Gasteiger partial charge in [-0.25, -0.2) is 0 Å². The van der Waals surface area contributed by atoms with Crippen LogP contribution >= 0.6 is 0 Å². The fourth-order valence-corrected chi connectivity index (χ4v) is 3.84. The molecule has 1 aromatic rings. The highest BCUT2D eigenvalue weighted by atomic mass is 16.5. The number of carbonyl (C=O) groups excluding carboxylic acids is 1. The molecule has 0 radical (unpaired) electrons. The van der Waals surface area contributed by atoms with E-state index in [1.54, 1.807) is 12.1 Å². The molecule has 0 N–H and O–H groups in total. The fraction of sp³-hybridized carbons (Fsp3) is 0.688. The average molecular weight is 304 g/mol. The first-order chi connectivity index (χ1) is 10.6. The lowest BCUT2D eigenvalue weighted by molar-refractivity contribution is 0.0721. The van der Waals surface area contributed by atoms with Crippen molar-refractivity contribution in [2.45, 2.75) is 51.2 Å². The van der Waals surface area contributed by atoms with Crippen molar-refractivity contribution in [2.24, 2.45) is 0 Å². The van der Waals surface area contributed by atoms with Crippen molar-refractivity contribution in [3.05, 3.63) is 17.8 Å². The highest BCUT2D eigenvalue weighted by Gasteiger charge is 2.39. The molecule has 0 spiro atoms. The summed E-state index contributed by atoms with van der Waals surface area (Å²) < 4.78 is 4.99. The standard InChI is InChI=1S/C16H24N4O2/c1-11(2)20-12-4-5-13(20)10-19(9-8-12)16(21)14-6-7-15(22-3)18-17-14/h6-7,11-13H,4-5,8-10H2,1-3H3/t12-,13-/m1/s1. The number of hydrogen-bond donors (Lipinski definition) is 0. The van der Waals surface area contributed by atoms with Crippen LogP contribution in [-0.4, -0.2) is 64.2 Å². The summed E-state index contributed by atoms with van der Waals surface area (Å²) in [5.74, 6) is 0.406. The zero-order valence-electron chi connectivity index (χ0n) is 13.5. The monoisotopic (exact) mass is 304 g/mol. The van der Waals surface area contributed by atoms with Crippen LogP contribution in [0.3, 0.4) is 0 Å². The summed E-state index contributed by atoms with van der Waals surface area (Å²) in [6.45, 7) is 6.09. The zero-order valence-corrected chi connectivity index (χ0v) is 13.5. The van der Waals surface area contributed by atoms with Crippen molar-refractivity contribution >= 4 is 5.91 Å². The molecule has 2 fully saturated rings. The number of fused-ring (bicyclic) bond motifs is 2. The van der Waals surface area contributed by atoms with Crippen molar-refractivity contribution in [3.8, 4) is 5.88 Å². The molecule has 6 heteroatoms. The summed E-state index contributed by atoms with van der Waals surface area (Å²) in [4.78, 5) is 17.2. The van der Waals surface area contributed by atoms with Gasteiger partial charge >= 0.3 is 0 Å². The van der Waals surface area contributed by atoms with Gasteiger partial charge in [0.15, 0.2) is 5.69 Å². The molecule has 2 aliphatic rings. The van der Waals surface area contributed by atoms with E-state index >= 15 is 0 Å². The molecule has 2 saturated heterocycles. The lowest BCUT2D eigenvalue weighted by atomic mass is 10.1. The Hall–Kier alpha value is -1.69. The minimum atomic E-state index is -0.0218. The Morgan fingerprint density at radius 1 is 1.23 bits per heavy atom. The van der Waals surface area contributed by atoms with Crippen LogP contribution in [0.4, 0.5) is 0 Å². The molecule has 0 aromatic carbocycles. The number of likely N-dealkylation sites (tertiary alicyclic amines) is 1. The fourth-order valence-electron chi connectivity index (χ4n) is 3.84. The van der Waals surface area contributed by atoms with Crippen LogP contribution in [0, 0.1) is 0 Å². The van der Waals surface area contributed by atoms with Crippen LogP contribution < -0.4 is 4.74 Å². The number of ether oxygens (including phenoxy) is 1. The van der Waals surface area contributed by atoms with Crippen molar-refractivity contribution < 1.29 is 9.53 Å². The SMILES string of the molecule is COc1ccc(C(=O)N2CC[C@H]3CC[C@H](C2)N3C(C)C)nn1. The maximum absolute atomic E-state index is 12.7. The van der Waals surface area contributed by atoms with E-state index in [1.165, 1.54) is 20.0 Å². The molecule has 1 aromatic heterocycles. The number of hydrogen-bond acceptors (Lipinski definition) is 5. The molecule has 120 valence electrons. The van der Waals surface area contributed by atoms with Crippen molar-refractivity contribution in [1.82, 2.24) is 20.0 Å². The molecule has 0 aliphatic carbocycles.